The molecule has 15 heavy (non-hydrogen) atoms. The largest absolute Gasteiger partial charge is 0.468 e. The summed E-state index contributed by atoms with van der Waals surface area (Å²) in [6.07, 6.45) is 4.37. The molecule has 2 aliphatic rings. The zero-order valence-electron chi connectivity index (χ0n) is 9.41. The summed E-state index contributed by atoms with van der Waals surface area (Å²) in [5.74, 6) is 0.926. The van der Waals surface area contributed by atoms with Crippen molar-refractivity contribution in [2.45, 2.75) is 39.0 Å². The Morgan fingerprint density at radius 2 is 2.13 bits per heavy atom. The summed E-state index contributed by atoms with van der Waals surface area (Å²) >= 11 is 0. The van der Waals surface area contributed by atoms with E-state index in [0.29, 0.717) is 24.7 Å². The summed E-state index contributed by atoms with van der Waals surface area (Å²) in [5.41, 5.74) is -0.804. The molecule has 0 aromatic rings. The number of methoxy groups -OCH3 is 1. The van der Waals surface area contributed by atoms with Crippen LogP contribution < -0.4 is 0 Å². The van der Waals surface area contributed by atoms with Crippen LogP contribution in [-0.4, -0.2) is 18.9 Å². The van der Waals surface area contributed by atoms with Gasteiger partial charge in [-0.3, -0.25) is 9.59 Å². The molecule has 0 aliphatic heterocycles. The lowest BCUT2D eigenvalue weighted by Gasteiger charge is -2.22. The van der Waals surface area contributed by atoms with Crippen LogP contribution >= 0.6 is 0 Å². The zero-order valence-corrected chi connectivity index (χ0v) is 9.41. The fourth-order valence-electron chi connectivity index (χ4n) is 2.85. The van der Waals surface area contributed by atoms with Gasteiger partial charge >= 0.3 is 5.97 Å². The van der Waals surface area contributed by atoms with E-state index in [1.54, 1.807) is 0 Å². The highest BCUT2D eigenvalue weighted by Gasteiger charge is 2.54. The molecule has 84 valence electrons. The van der Waals surface area contributed by atoms with E-state index in [9.17, 15) is 9.59 Å². The maximum absolute atomic E-state index is 12.0. The van der Waals surface area contributed by atoms with Crippen molar-refractivity contribution in [3.8, 4) is 0 Å². The molecular weight excluding hydrogens is 192 g/mol. The highest BCUT2D eigenvalue weighted by molar-refractivity contribution is 6.05. The number of rotatable bonds is 3. The number of carbonyl (C=O) groups excluding carboxylic acids is 2. The van der Waals surface area contributed by atoms with E-state index in [1.165, 1.54) is 20.0 Å². The van der Waals surface area contributed by atoms with E-state index in [4.69, 9.17) is 4.74 Å². The summed E-state index contributed by atoms with van der Waals surface area (Å²) in [4.78, 5) is 23.7. The smallest absolute Gasteiger partial charge is 0.319 e. The van der Waals surface area contributed by atoms with Crippen molar-refractivity contribution in [1.82, 2.24) is 0 Å². The maximum Gasteiger partial charge on any atom is 0.319 e. The standard InChI is InChI=1S/C12H18O3/c1-3-12(11(14)15-2)7-9(6-10(12)13)8-4-5-8/h8-9H,3-7H2,1-2H3. The molecule has 3 heteroatoms. The molecule has 0 saturated heterocycles. The Morgan fingerprint density at radius 1 is 1.47 bits per heavy atom. The molecule has 0 spiro atoms. The van der Waals surface area contributed by atoms with Crippen LogP contribution in [0.2, 0.25) is 0 Å². The first-order valence-corrected chi connectivity index (χ1v) is 5.75. The number of Topliss-reactive ketones (excluding diaryl/α,β-unsaturated/α-hetero) is 1. The second kappa shape index (κ2) is 3.62. The maximum atomic E-state index is 12.0. The normalized spacial score (nSPS) is 35.6. The fourth-order valence-corrected chi connectivity index (χ4v) is 2.85. The van der Waals surface area contributed by atoms with Crippen LogP contribution in [0.25, 0.3) is 0 Å². The zero-order chi connectivity index (χ0) is 11.1. The van der Waals surface area contributed by atoms with Crippen LogP contribution in [0.3, 0.4) is 0 Å². The molecule has 2 fully saturated rings. The highest BCUT2D eigenvalue weighted by atomic mass is 16.5. The number of hydrogen-bond donors (Lipinski definition) is 0. The van der Waals surface area contributed by atoms with Crippen molar-refractivity contribution in [2.24, 2.45) is 17.3 Å². The molecule has 0 radical (unpaired) electrons. The van der Waals surface area contributed by atoms with E-state index in [2.05, 4.69) is 0 Å². The van der Waals surface area contributed by atoms with E-state index in [-0.39, 0.29) is 11.8 Å². The summed E-state index contributed by atoms with van der Waals surface area (Å²) < 4.78 is 4.79. The topological polar surface area (TPSA) is 43.4 Å². The molecule has 0 aromatic carbocycles. The molecule has 0 bridgehead atoms. The molecular formula is C12H18O3. The minimum atomic E-state index is -0.804. The molecule has 0 heterocycles. The van der Waals surface area contributed by atoms with Crippen LogP contribution in [0.5, 0.6) is 0 Å². The Morgan fingerprint density at radius 3 is 2.60 bits per heavy atom. The van der Waals surface area contributed by atoms with Crippen LogP contribution in [0.4, 0.5) is 0 Å². The summed E-state index contributed by atoms with van der Waals surface area (Å²) in [7, 11) is 1.37. The van der Waals surface area contributed by atoms with Crippen molar-refractivity contribution >= 4 is 11.8 Å². The van der Waals surface area contributed by atoms with Gasteiger partial charge in [-0.1, -0.05) is 6.92 Å². The molecule has 2 atom stereocenters. The van der Waals surface area contributed by atoms with E-state index < -0.39 is 5.41 Å². The molecule has 0 aromatic heterocycles. The Balaban J connectivity index is 2.17. The van der Waals surface area contributed by atoms with Gasteiger partial charge in [-0.05, 0) is 37.5 Å². The Labute approximate surface area is 90.2 Å². The van der Waals surface area contributed by atoms with Gasteiger partial charge in [0.25, 0.3) is 0 Å². The predicted molar refractivity (Wildman–Crippen MR) is 55.2 cm³/mol. The Bertz CT molecular complexity index is 293. The molecule has 2 unspecified atom stereocenters. The fraction of sp³-hybridized carbons (Fsp3) is 0.833. The Hall–Kier alpha value is -0.860. The third-order valence-corrected chi connectivity index (χ3v) is 4.06. The molecule has 2 saturated carbocycles. The summed E-state index contributed by atoms with van der Waals surface area (Å²) in [5, 5.41) is 0. The van der Waals surface area contributed by atoms with Crippen LogP contribution in [0, 0.1) is 17.3 Å². The van der Waals surface area contributed by atoms with Crippen LogP contribution in [0.1, 0.15) is 39.0 Å². The summed E-state index contributed by atoms with van der Waals surface area (Å²) in [6, 6.07) is 0. The van der Waals surface area contributed by atoms with E-state index in [1.807, 2.05) is 6.92 Å². The van der Waals surface area contributed by atoms with E-state index >= 15 is 0 Å². The first kappa shape index (κ1) is 10.7. The number of hydrogen-bond acceptors (Lipinski definition) is 3. The predicted octanol–water partition coefficient (Wildman–Crippen LogP) is 1.94. The van der Waals surface area contributed by atoms with Crippen LogP contribution in [0.15, 0.2) is 0 Å². The molecule has 2 rings (SSSR count). The quantitative estimate of drug-likeness (QED) is 0.528. The van der Waals surface area contributed by atoms with Crippen molar-refractivity contribution in [1.29, 1.82) is 0 Å². The summed E-state index contributed by atoms with van der Waals surface area (Å²) in [6.45, 7) is 1.91. The SMILES string of the molecule is CCC1(C(=O)OC)CC(C2CC2)CC1=O. The highest BCUT2D eigenvalue weighted by Crippen LogP contribution is 2.51. The third-order valence-electron chi connectivity index (χ3n) is 4.06. The first-order valence-electron chi connectivity index (χ1n) is 5.75. The number of esters is 1. The average Bonchev–Trinajstić information content (AvgIpc) is 3.02. The lowest BCUT2D eigenvalue weighted by Crippen LogP contribution is -2.35. The molecule has 3 nitrogen and oxygen atoms in total. The second-order valence-electron chi connectivity index (χ2n) is 4.86. The third kappa shape index (κ3) is 1.58. The van der Waals surface area contributed by atoms with Crippen molar-refractivity contribution in [2.75, 3.05) is 7.11 Å². The van der Waals surface area contributed by atoms with Crippen molar-refractivity contribution < 1.29 is 14.3 Å². The minimum Gasteiger partial charge on any atom is -0.468 e. The van der Waals surface area contributed by atoms with Crippen molar-refractivity contribution in [3.05, 3.63) is 0 Å². The molecule has 2 aliphatic carbocycles. The minimum absolute atomic E-state index is 0.105. The average molecular weight is 210 g/mol. The van der Waals surface area contributed by atoms with Crippen molar-refractivity contribution in [3.63, 3.8) is 0 Å². The second-order valence-corrected chi connectivity index (χ2v) is 4.86. The van der Waals surface area contributed by atoms with Gasteiger partial charge in [0.05, 0.1) is 7.11 Å². The Kier molecular flexibility index (Phi) is 2.57. The first-order chi connectivity index (χ1) is 7.14. The van der Waals surface area contributed by atoms with Gasteiger partial charge in [0, 0.05) is 6.42 Å². The van der Waals surface area contributed by atoms with Crippen LogP contribution in [-0.2, 0) is 14.3 Å². The van der Waals surface area contributed by atoms with Gasteiger partial charge in [-0.2, -0.15) is 0 Å². The van der Waals surface area contributed by atoms with Gasteiger partial charge in [0.2, 0.25) is 0 Å². The van der Waals surface area contributed by atoms with Gasteiger partial charge in [-0.25, -0.2) is 0 Å². The lowest BCUT2D eigenvalue weighted by molar-refractivity contribution is -0.156. The number of ketones is 1. The van der Waals surface area contributed by atoms with Gasteiger partial charge < -0.3 is 4.74 Å². The van der Waals surface area contributed by atoms with Gasteiger partial charge in [-0.15, -0.1) is 0 Å². The van der Waals surface area contributed by atoms with E-state index in [0.717, 1.165) is 6.42 Å². The number of ether oxygens (including phenoxy) is 1. The monoisotopic (exact) mass is 210 g/mol. The lowest BCUT2D eigenvalue weighted by atomic mass is 9.81. The molecule has 0 amide bonds. The van der Waals surface area contributed by atoms with Gasteiger partial charge in [0.15, 0.2) is 0 Å². The van der Waals surface area contributed by atoms with Gasteiger partial charge in [0.1, 0.15) is 11.2 Å². The molecule has 0 N–H and O–H groups in total. The number of carbonyl (C=O) groups is 2.